The molecule has 0 unspecified atom stereocenters. The molecule has 0 saturated carbocycles. The molecule has 0 atom stereocenters. The minimum atomic E-state index is -1.42. The summed E-state index contributed by atoms with van der Waals surface area (Å²) in [6, 6.07) is 3.12. The van der Waals surface area contributed by atoms with E-state index in [4.69, 9.17) is 0 Å². The van der Waals surface area contributed by atoms with E-state index in [2.05, 4.69) is 10.3 Å². The van der Waals surface area contributed by atoms with Gasteiger partial charge in [0.25, 0.3) is 0 Å². The summed E-state index contributed by atoms with van der Waals surface area (Å²) in [5.74, 6) is -2.39. The lowest BCUT2D eigenvalue weighted by Gasteiger charge is -2.01. The van der Waals surface area contributed by atoms with Crippen molar-refractivity contribution >= 4 is 18.1 Å². The number of amides is 1. The molecule has 0 spiro atoms. The van der Waals surface area contributed by atoms with Crippen molar-refractivity contribution in [1.29, 1.82) is 0 Å². The first-order valence-corrected chi connectivity index (χ1v) is 3.51. The molecule has 0 radical (unpaired) electrons. The number of carbonyl (C=O) groups excluding carboxylic acids is 2. The minimum absolute atomic E-state index is 0.160. The van der Waals surface area contributed by atoms with E-state index in [1.165, 1.54) is 6.07 Å². The third-order valence-corrected chi connectivity index (χ3v) is 1.48. The maximum atomic E-state index is 13.0. The van der Waals surface area contributed by atoms with Gasteiger partial charge >= 0.3 is 5.97 Å². The Morgan fingerprint density at radius 2 is 2.21 bits per heavy atom. The second kappa shape index (κ2) is 4.31. The Labute approximate surface area is 77.4 Å². The van der Waals surface area contributed by atoms with Gasteiger partial charge in [0.15, 0.2) is 0 Å². The van der Waals surface area contributed by atoms with Crippen molar-refractivity contribution in [3.63, 3.8) is 0 Å². The Balaban J connectivity index is 3.00. The highest BCUT2D eigenvalue weighted by Crippen LogP contribution is 2.14. The van der Waals surface area contributed by atoms with E-state index in [0.29, 0.717) is 6.41 Å². The summed E-state index contributed by atoms with van der Waals surface area (Å²) in [6.07, 6.45) is 0.349. The van der Waals surface area contributed by atoms with Crippen LogP contribution in [0.1, 0.15) is 10.4 Å². The van der Waals surface area contributed by atoms with E-state index < -0.39 is 17.3 Å². The predicted molar refractivity (Wildman–Crippen MR) is 42.6 cm³/mol. The molecule has 1 aromatic rings. The number of hydrogen-bond acceptors (Lipinski definition) is 3. The molecule has 4 nitrogen and oxygen atoms in total. The van der Waals surface area contributed by atoms with Gasteiger partial charge in [-0.15, -0.1) is 0 Å². The molecule has 6 heteroatoms. The highest BCUT2D eigenvalue weighted by atomic mass is 19.3. The summed E-state index contributed by atoms with van der Waals surface area (Å²) in [7, 11) is 0. The van der Waals surface area contributed by atoms with Crippen molar-refractivity contribution < 1.29 is 23.4 Å². The smallest absolute Gasteiger partial charge is 0.329 e. The lowest BCUT2D eigenvalue weighted by Crippen LogP contribution is -2.03. The van der Waals surface area contributed by atoms with Crippen LogP contribution >= 0.6 is 0 Å². The Bertz CT molecular complexity index is 368. The van der Waals surface area contributed by atoms with Crippen LogP contribution in [0.4, 0.5) is 14.6 Å². The first-order valence-electron chi connectivity index (χ1n) is 3.51. The third kappa shape index (κ3) is 2.03. The van der Waals surface area contributed by atoms with Gasteiger partial charge in [0, 0.05) is 10.2 Å². The minimum Gasteiger partial charge on any atom is -0.329 e. The highest BCUT2D eigenvalue weighted by molar-refractivity contribution is 5.90. The number of nitrogens with one attached hydrogen (secondary N) is 1. The Morgan fingerprint density at radius 1 is 1.50 bits per heavy atom. The molecule has 0 aliphatic heterocycles. The van der Waals surface area contributed by atoms with Gasteiger partial charge in [0.05, 0.1) is 5.56 Å². The fourth-order valence-corrected chi connectivity index (χ4v) is 0.880. The van der Waals surface area contributed by atoms with Crippen LogP contribution in [0.5, 0.6) is 0 Å². The third-order valence-electron chi connectivity index (χ3n) is 1.48. The molecule has 0 fully saturated rings. The van der Waals surface area contributed by atoms with Crippen LogP contribution in [-0.4, -0.2) is 12.4 Å². The van der Waals surface area contributed by atoms with E-state index in [9.17, 15) is 18.5 Å². The van der Waals surface area contributed by atoms with Crippen LogP contribution in [0.25, 0.3) is 0 Å². The zero-order valence-electron chi connectivity index (χ0n) is 6.79. The average molecular weight is 201 g/mol. The Morgan fingerprint density at radius 3 is 2.71 bits per heavy atom. The van der Waals surface area contributed by atoms with Crippen molar-refractivity contribution in [2.45, 2.75) is 0 Å². The van der Waals surface area contributed by atoms with Crippen molar-refractivity contribution in [2.75, 3.05) is 5.32 Å². The molecular formula is C8H5F2NO3. The Kier molecular flexibility index (Phi) is 3.11. The molecule has 0 aliphatic rings. The van der Waals surface area contributed by atoms with Gasteiger partial charge in [0.2, 0.25) is 6.41 Å². The zero-order valence-corrected chi connectivity index (χ0v) is 6.79. The lowest BCUT2D eigenvalue weighted by atomic mass is 10.2. The van der Waals surface area contributed by atoms with E-state index in [1.54, 1.807) is 0 Å². The molecule has 0 bridgehead atoms. The van der Waals surface area contributed by atoms with Crippen LogP contribution in [0, 0.1) is 5.82 Å². The monoisotopic (exact) mass is 201 g/mol. The van der Waals surface area contributed by atoms with Gasteiger partial charge < -0.3 is 5.32 Å². The first kappa shape index (κ1) is 10.1. The van der Waals surface area contributed by atoms with E-state index in [1.807, 2.05) is 0 Å². The first-order chi connectivity index (χ1) is 6.69. The van der Waals surface area contributed by atoms with Crippen LogP contribution in [-0.2, 0) is 9.74 Å². The van der Waals surface area contributed by atoms with Gasteiger partial charge in [-0.3, -0.25) is 4.79 Å². The number of benzene rings is 1. The molecule has 1 aromatic carbocycles. The van der Waals surface area contributed by atoms with Crippen molar-refractivity contribution in [1.82, 2.24) is 0 Å². The molecule has 1 amide bonds. The molecule has 0 heterocycles. The van der Waals surface area contributed by atoms with Gasteiger partial charge in [-0.05, 0) is 18.2 Å². The molecular weight excluding hydrogens is 196 g/mol. The van der Waals surface area contributed by atoms with Crippen molar-refractivity contribution in [2.24, 2.45) is 0 Å². The summed E-state index contributed by atoms with van der Waals surface area (Å²) in [6.45, 7) is 0. The summed E-state index contributed by atoms with van der Waals surface area (Å²) in [5.41, 5.74) is -0.378. The number of hydrogen-bond donors (Lipinski definition) is 1. The van der Waals surface area contributed by atoms with Crippen LogP contribution in [0.15, 0.2) is 18.2 Å². The molecule has 1 rings (SSSR count). The molecule has 1 N–H and O–H groups in total. The zero-order chi connectivity index (χ0) is 10.6. The van der Waals surface area contributed by atoms with Gasteiger partial charge in [-0.1, -0.05) is 0 Å². The molecule has 0 aliphatic carbocycles. The second-order valence-electron chi connectivity index (χ2n) is 2.32. The van der Waals surface area contributed by atoms with Crippen LogP contribution < -0.4 is 5.32 Å². The van der Waals surface area contributed by atoms with E-state index >= 15 is 0 Å². The van der Waals surface area contributed by atoms with E-state index in [0.717, 1.165) is 12.1 Å². The quantitative estimate of drug-likeness (QED) is 0.752. The molecule has 0 aromatic heterocycles. The molecule has 74 valence electrons. The van der Waals surface area contributed by atoms with Crippen molar-refractivity contribution in [3.05, 3.63) is 29.6 Å². The molecule has 14 heavy (non-hydrogen) atoms. The number of halogens is 2. The fourth-order valence-electron chi connectivity index (χ4n) is 0.880. The summed E-state index contributed by atoms with van der Waals surface area (Å²) in [4.78, 5) is 23.4. The van der Waals surface area contributed by atoms with Gasteiger partial charge in [-0.25, -0.2) is 14.1 Å². The summed E-state index contributed by atoms with van der Waals surface area (Å²) >= 11 is 0. The van der Waals surface area contributed by atoms with Crippen LogP contribution in [0.2, 0.25) is 0 Å². The van der Waals surface area contributed by atoms with Gasteiger partial charge in [-0.2, -0.15) is 0 Å². The second-order valence-corrected chi connectivity index (χ2v) is 2.32. The number of carbonyl (C=O) groups is 2. The summed E-state index contributed by atoms with van der Waals surface area (Å²) < 4.78 is 24.4. The fraction of sp³-hybridized carbons (Fsp3) is 0. The average Bonchev–Trinajstić information content (AvgIpc) is 2.17. The standard InChI is InChI=1S/C8H5F2NO3/c9-7-3-5(11-4-12)1-2-6(7)8(13)14-10/h1-4H,(H,11,12). The number of anilines is 1. The number of rotatable bonds is 3. The van der Waals surface area contributed by atoms with Crippen LogP contribution in [0.3, 0.4) is 0 Å². The molecule has 0 saturated heterocycles. The predicted octanol–water partition coefficient (Wildman–Crippen LogP) is 1.44. The SMILES string of the molecule is O=CNc1ccc(C(=O)OF)c(F)c1. The topological polar surface area (TPSA) is 55.4 Å². The highest BCUT2D eigenvalue weighted by Gasteiger charge is 2.13. The summed E-state index contributed by atoms with van der Waals surface area (Å²) in [5, 5.41) is 2.17. The van der Waals surface area contributed by atoms with Crippen molar-refractivity contribution in [3.8, 4) is 0 Å². The lowest BCUT2D eigenvalue weighted by molar-refractivity contribution is -0.105. The van der Waals surface area contributed by atoms with E-state index in [-0.39, 0.29) is 5.69 Å². The normalized spacial score (nSPS) is 9.29. The maximum absolute atomic E-state index is 13.0. The Hall–Kier alpha value is -1.98. The van der Waals surface area contributed by atoms with Gasteiger partial charge in [0.1, 0.15) is 5.82 Å². The maximum Gasteiger partial charge on any atom is 0.382 e. The largest absolute Gasteiger partial charge is 0.382 e.